The van der Waals surface area contributed by atoms with E-state index >= 15 is 0 Å². The fourth-order valence-corrected chi connectivity index (χ4v) is 5.73. The predicted octanol–water partition coefficient (Wildman–Crippen LogP) is 4.74. The Kier molecular flexibility index (Phi) is 5.66. The molecule has 8 heteroatoms. The lowest BCUT2D eigenvalue weighted by atomic mass is 9.90. The van der Waals surface area contributed by atoms with E-state index in [-0.39, 0.29) is 5.91 Å². The van der Waals surface area contributed by atoms with E-state index in [1.807, 2.05) is 24.6 Å². The first-order chi connectivity index (χ1) is 13.1. The maximum atomic E-state index is 12.3. The van der Waals surface area contributed by atoms with Gasteiger partial charge in [-0.25, -0.2) is 0 Å². The fourth-order valence-electron chi connectivity index (χ4n) is 3.14. The van der Waals surface area contributed by atoms with Gasteiger partial charge in [0.1, 0.15) is 0 Å². The van der Waals surface area contributed by atoms with Crippen molar-refractivity contribution in [2.75, 3.05) is 12.8 Å². The second-order valence-electron chi connectivity index (χ2n) is 6.90. The monoisotopic (exact) mass is 419 g/mol. The zero-order valence-electron chi connectivity index (χ0n) is 15.3. The molecular formula is C19H21N3O2S3. The standard InChI is InChI=1S/C19H21N3O2S3/c1-12-5-6-15-13(8-12)9-16(27-15)18-20-21-19(24-18)26-11-17(23)22(2)10-14-4-3-7-25-14/h3-4,7,9,12H,5-6,8,10-11H2,1-2H3/t12-/m1/s1. The number of thiophene rings is 2. The topological polar surface area (TPSA) is 59.2 Å². The Morgan fingerprint density at radius 3 is 3.15 bits per heavy atom. The van der Waals surface area contributed by atoms with Gasteiger partial charge < -0.3 is 9.32 Å². The quantitative estimate of drug-likeness (QED) is 0.540. The largest absolute Gasteiger partial charge is 0.410 e. The van der Waals surface area contributed by atoms with Crippen molar-refractivity contribution in [2.24, 2.45) is 5.92 Å². The van der Waals surface area contributed by atoms with Crippen molar-refractivity contribution in [2.45, 2.75) is 38.0 Å². The van der Waals surface area contributed by atoms with Crippen molar-refractivity contribution in [1.29, 1.82) is 0 Å². The summed E-state index contributed by atoms with van der Waals surface area (Å²) < 4.78 is 5.79. The molecular weight excluding hydrogens is 398 g/mol. The summed E-state index contributed by atoms with van der Waals surface area (Å²) in [5.41, 5.74) is 1.42. The molecule has 1 atom stereocenters. The summed E-state index contributed by atoms with van der Waals surface area (Å²) in [7, 11) is 1.82. The Morgan fingerprint density at radius 1 is 1.44 bits per heavy atom. The molecule has 4 rings (SSSR count). The summed E-state index contributed by atoms with van der Waals surface area (Å²) in [4.78, 5) is 17.7. The number of hydrogen-bond donors (Lipinski definition) is 0. The van der Waals surface area contributed by atoms with Crippen LogP contribution in [-0.2, 0) is 24.2 Å². The smallest absolute Gasteiger partial charge is 0.277 e. The van der Waals surface area contributed by atoms with E-state index in [1.54, 1.807) is 27.6 Å². The minimum absolute atomic E-state index is 0.0497. The SMILES string of the molecule is C[C@@H]1CCc2sc(-c3nnc(SCC(=O)N(C)Cc4cccs4)o3)cc2C1. The second-order valence-corrected chi connectivity index (χ2v) is 9.99. The maximum Gasteiger partial charge on any atom is 0.277 e. The third kappa shape index (κ3) is 4.44. The molecule has 0 saturated carbocycles. The van der Waals surface area contributed by atoms with Crippen LogP contribution in [0.2, 0.25) is 0 Å². The van der Waals surface area contributed by atoms with Crippen LogP contribution in [0.5, 0.6) is 0 Å². The molecule has 1 aliphatic rings. The first-order valence-electron chi connectivity index (χ1n) is 8.93. The van der Waals surface area contributed by atoms with Gasteiger partial charge in [0.2, 0.25) is 5.91 Å². The number of nitrogens with zero attached hydrogens (tertiary/aromatic N) is 3. The second kappa shape index (κ2) is 8.16. The molecule has 0 unspecified atom stereocenters. The van der Waals surface area contributed by atoms with Crippen molar-refractivity contribution in [3.05, 3.63) is 38.9 Å². The molecule has 3 heterocycles. The van der Waals surface area contributed by atoms with Crippen LogP contribution in [-0.4, -0.2) is 33.8 Å². The zero-order chi connectivity index (χ0) is 18.8. The molecule has 0 saturated heterocycles. The third-order valence-electron chi connectivity index (χ3n) is 4.66. The highest BCUT2D eigenvalue weighted by molar-refractivity contribution is 7.99. The summed E-state index contributed by atoms with van der Waals surface area (Å²) >= 11 is 4.71. The molecule has 27 heavy (non-hydrogen) atoms. The van der Waals surface area contributed by atoms with Crippen molar-refractivity contribution in [3.8, 4) is 10.8 Å². The Balaban J connectivity index is 1.35. The van der Waals surface area contributed by atoms with Crippen molar-refractivity contribution >= 4 is 40.3 Å². The molecule has 0 fully saturated rings. The highest BCUT2D eigenvalue weighted by Gasteiger charge is 2.21. The number of thioether (sulfide) groups is 1. The average molecular weight is 420 g/mol. The number of amides is 1. The van der Waals surface area contributed by atoms with Gasteiger partial charge in [0.05, 0.1) is 17.2 Å². The molecule has 0 aliphatic heterocycles. The molecule has 1 amide bonds. The Morgan fingerprint density at radius 2 is 2.33 bits per heavy atom. The lowest BCUT2D eigenvalue weighted by Crippen LogP contribution is -2.27. The van der Waals surface area contributed by atoms with Gasteiger partial charge in [-0.15, -0.1) is 32.9 Å². The van der Waals surface area contributed by atoms with Gasteiger partial charge in [0.15, 0.2) is 0 Å². The van der Waals surface area contributed by atoms with Crippen molar-refractivity contribution in [3.63, 3.8) is 0 Å². The molecule has 0 spiro atoms. The van der Waals surface area contributed by atoms with Gasteiger partial charge in [-0.3, -0.25) is 4.79 Å². The summed E-state index contributed by atoms with van der Waals surface area (Å²) in [5.74, 6) is 1.64. The molecule has 3 aromatic heterocycles. The molecule has 0 N–H and O–H groups in total. The summed E-state index contributed by atoms with van der Waals surface area (Å²) in [6.07, 6.45) is 3.52. The number of fused-ring (bicyclic) bond motifs is 1. The summed E-state index contributed by atoms with van der Waals surface area (Å²) in [5, 5.41) is 10.8. The van der Waals surface area contributed by atoms with E-state index in [0.29, 0.717) is 23.4 Å². The molecule has 0 bridgehead atoms. The number of rotatable bonds is 6. The predicted molar refractivity (Wildman–Crippen MR) is 110 cm³/mol. The van der Waals surface area contributed by atoms with Crippen LogP contribution >= 0.6 is 34.4 Å². The first-order valence-corrected chi connectivity index (χ1v) is 11.6. The maximum absolute atomic E-state index is 12.3. The first kappa shape index (κ1) is 18.7. The molecule has 142 valence electrons. The minimum atomic E-state index is 0.0497. The minimum Gasteiger partial charge on any atom is -0.410 e. The van der Waals surface area contributed by atoms with Crippen molar-refractivity contribution in [1.82, 2.24) is 15.1 Å². The Hall–Kier alpha value is -1.64. The third-order valence-corrected chi connectivity index (χ3v) is 7.55. The number of aryl methyl sites for hydroxylation is 1. The fraction of sp³-hybridized carbons (Fsp3) is 0.421. The molecule has 3 aromatic rings. The Labute approximate surface area is 170 Å². The van der Waals surface area contributed by atoms with Gasteiger partial charge in [0, 0.05) is 16.8 Å². The summed E-state index contributed by atoms with van der Waals surface area (Å²) in [6.45, 7) is 2.93. The van der Waals surface area contributed by atoms with Gasteiger partial charge in [-0.05, 0) is 48.3 Å². The lowest BCUT2D eigenvalue weighted by molar-refractivity contribution is -0.127. The van der Waals surface area contributed by atoms with Crippen molar-refractivity contribution < 1.29 is 9.21 Å². The lowest BCUT2D eigenvalue weighted by Gasteiger charge is -2.16. The zero-order valence-corrected chi connectivity index (χ0v) is 17.8. The highest BCUT2D eigenvalue weighted by Crippen LogP contribution is 2.37. The Bertz CT molecular complexity index is 917. The van der Waals surface area contributed by atoms with Crippen LogP contribution in [0.4, 0.5) is 0 Å². The molecule has 1 aliphatic carbocycles. The van der Waals surface area contributed by atoms with E-state index in [9.17, 15) is 4.79 Å². The molecule has 0 aromatic carbocycles. The van der Waals surface area contributed by atoms with Crippen LogP contribution in [0, 0.1) is 5.92 Å². The van der Waals surface area contributed by atoms with E-state index < -0.39 is 0 Å². The molecule has 0 radical (unpaired) electrons. The van der Waals surface area contributed by atoms with Crippen LogP contribution in [0.1, 0.15) is 28.7 Å². The summed E-state index contributed by atoms with van der Waals surface area (Å²) in [6, 6.07) is 6.22. The van der Waals surface area contributed by atoms with Gasteiger partial charge in [-0.1, -0.05) is 24.8 Å². The molecule has 5 nitrogen and oxygen atoms in total. The van der Waals surface area contributed by atoms with Gasteiger partial charge in [-0.2, -0.15) is 0 Å². The number of carbonyl (C=O) groups excluding carboxylic acids is 1. The van der Waals surface area contributed by atoms with E-state index in [1.165, 1.54) is 33.5 Å². The van der Waals surface area contributed by atoms with E-state index in [2.05, 4.69) is 23.2 Å². The van der Waals surface area contributed by atoms with Crippen LogP contribution in [0.3, 0.4) is 0 Å². The van der Waals surface area contributed by atoms with Gasteiger partial charge >= 0.3 is 0 Å². The highest BCUT2D eigenvalue weighted by atomic mass is 32.2. The van der Waals surface area contributed by atoms with Crippen LogP contribution < -0.4 is 0 Å². The number of hydrogen-bond acceptors (Lipinski definition) is 7. The number of carbonyl (C=O) groups is 1. The van der Waals surface area contributed by atoms with Crippen LogP contribution in [0.15, 0.2) is 33.2 Å². The van der Waals surface area contributed by atoms with E-state index in [4.69, 9.17) is 4.42 Å². The van der Waals surface area contributed by atoms with E-state index in [0.717, 1.165) is 23.6 Å². The van der Waals surface area contributed by atoms with Crippen LogP contribution in [0.25, 0.3) is 10.8 Å². The average Bonchev–Trinajstić information content (AvgIpc) is 3.39. The van der Waals surface area contributed by atoms with Gasteiger partial charge in [0.25, 0.3) is 11.1 Å². The number of aromatic nitrogens is 2. The normalized spacial score (nSPS) is 16.3.